The second kappa shape index (κ2) is 8.91. The van der Waals surface area contributed by atoms with Gasteiger partial charge in [-0.05, 0) is 36.4 Å². The fraction of sp³-hybridized carbons (Fsp3) is 0.190. The molecule has 29 heavy (non-hydrogen) atoms. The highest BCUT2D eigenvalue weighted by Crippen LogP contribution is 2.36. The summed E-state index contributed by atoms with van der Waals surface area (Å²) in [5.41, 5.74) is 1.09. The van der Waals surface area contributed by atoms with Crippen molar-refractivity contribution in [3.05, 3.63) is 65.4 Å². The largest absolute Gasteiger partial charge is 0.466 e. The van der Waals surface area contributed by atoms with E-state index in [0.717, 1.165) is 0 Å². The van der Waals surface area contributed by atoms with E-state index >= 15 is 0 Å². The highest BCUT2D eigenvalue weighted by molar-refractivity contribution is 6.03. The van der Waals surface area contributed by atoms with Crippen molar-refractivity contribution in [3.8, 4) is 17.6 Å². The van der Waals surface area contributed by atoms with E-state index in [1.165, 1.54) is 19.1 Å². The number of anilines is 1. The van der Waals surface area contributed by atoms with Gasteiger partial charge in [0.15, 0.2) is 5.75 Å². The van der Waals surface area contributed by atoms with Crippen LogP contribution in [0.25, 0.3) is 0 Å². The van der Waals surface area contributed by atoms with E-state index in [4.69, 9.17) is 24.2 Å². The molecule has 148 valence electrons. The molecule has 0 unspecified atom stereocenters. The van der Waals surface area contributed by atoms with Crippen LogP contribution in [-0.4, -0.2) is 39.5 Å². The van der Waals surface area contributed by atoms with Gasteiger partial charge in [0.05, 0.1) is 43.7 Å². The van der Waals surface area contributed by atoms with Crippen LogP contribution in [0.5, 0.6) is 11.5 Å². The summed E-state index contributed by atoms with van der Waals surface area (Å²) >= 11 is 0. The second-order valence-electron chi connectivity index (χ2n) is 5.92. The Morgan fingerprint density at radius 3 is 2.38 bits per heavy atom. The van der Waals surface area contributed by atoms with E-state index in [0.29, 0.717) is 22.7 Å². The summed E-state index contributed by atoms with van der Waals surface area (Å²) in [5, 5.41) is 8.93. The number of para-hydroxylation sites is 2. The van der Waals surface area contributed by atoms with Crippen molar-refractivity contribution in [2.24, 2.45) is 0 Å². The first-order valence-electron chi connectivity index (χ1n) is 8.61. The number of hydrogen-bond acceptors (Lipinski definition) is 8. The number of nitriles is 1. The highest BCUT2D eigenvalue weighted by atomic mass is 16.5. The van der Waals surface area contributed by atoms with Gasteiger partial charge in [-0.25, -0.2) is 9.59 Å². The van der Waals surface area contributed by atoms with Crippen molar-refractivity contribution < 1.29 is 28.5 Å². The number of nitrogens with zero attached hydrogens (tertiary/aromatic N) is 2. The molecule has 0 aromatic heterocycles. The number of ether oxygens (including phenoxy) is 4. The van der Waals surface area contributed by atoms with E-state index in [1.54, 1.807) is 48.5 Å². The lowest BCUT2D eigenvalue weighted by molar-refractivity contribution is -0.140. The van der Waals surface area contributed by atoms with Crippen LogP contribution in [0.1, 0.15) is 5.56 Å². The molecule has 0 saturated carbocycles. The van der Waals surface area contributed by atoms with Crippen molar-refractivity contribution in [1.29, 1.82) is 5.26 Å². The van der Waals surface area contributed by atoms with Crippen LogP contribution in [0.2, 0.25) is 0 Å². The van der Waals surface area contributed by atoms with Crippen LogP contribution >= 0.6 is 0 Å². The summed E-state index contributed by atoms with van der Waals surface area (Å²) in [5.74, 6) is -0.443. The summed E-state index contributed by atoms with van der Waals surface area (Å²) in [6, 6.07) is 15.6. The van der Waals surface area contributed by atoms with Crippen molar-refractivity contribution in [1.82, 2.24) is 0 Å². The summed E-state index contributed by atoms with van der Waals surface area (Å²) in [6.45, 7) is -0.0646. The molecule has 0 amide bonds. The van der Waals surface area contributed by atoms with Gasteiger partial charge >= 0.3 is 11.9 Å². The van der Waals surface area contributed by atoms with Crippen molar-refractivity contribution in [2.75, 3.05) is 32.5 Å². The number of carbonyl (C=O) groups is 2. The Morgan fingerprint density at radius 1 is 1.03 bits per heavy atom. The van der Waals surface area contributed by atoms with Gasteiger partial charge in [0.1, 0.15) is 18.2 Å². The highest BCUT2D eigenvalue weighted by Gasteiger charge is 2.33. The van der Waals surface area contributed by atoms with Crippen molar-refractivity contribution >= 4 is 17.6 Å². The average molecular weight is 394 g/mol. The zero-order chi connectivity index (χ0) is 20.8. The standard InChI is InChI=1S/C21H18N2O6/c1-26-20(24)16-12-28-13-23(19(16)21(25)27-2)17-5-3-4-6-18(17)29-15-9-7-14(11-22)8-10-15/h3-10H,12-13H2,1-2H3. The van der Waals surface area contributed by atoms with Gasteiger partial charge in [-0.1, -0.05) is 12.1 Å². The second-order valence-corrected chi connectivity index (χ2v) is 5.92. The zero-order valence-corrected chi connectivity index (χ0v) is 15.9. The lowest BCUT2D eigenvalue weighted by Gasteiger charge is -2.32. The van der Waals surface area contributed by atoms with Gasteiger partial charge in [-0.15, -0.1) is 0 Å². The maximum Gasteiger partial charge on any atom is 0.355 e. The Kier molecular flexibility index (Phi) is 6.12. The molecule has 0 spiro atoms. The van der Waals surface area contributed by atoms with Crippen LogP contribution in [0.15, 0.2) is 59.8 Å². The molecule has 8 nitrogen and oxygen atoms in total. The molecule has 2 aromatic carbocycles. The lowest BCUT2D eigenvalue weighted by atomic mass is 10.1. The fourth-order valence-electron chi connectivity index (χ4n) is 2.82. The molecular formula is C21H18N2O6. The third kappa shape index (κ3) is 4.20. The molecular weight excluding hydrogens is 376 g/mol. The average Bonchev–Trinajstić information content (AvgIpc) is 2.78. The third-order valence-corrected chi connectivity index (χ3v) is 4.20. The summed E-state index contributed by atoms with van der Waals surface area (Å²) in [6.07, 6.45) is 0. The first-order chi connectivity index (χ1) is 14.1. The molecule has 2 aromatic rings. The van der Waals surface area contributed by atoms with Crippen LogP contribution in [0.4, 0.5) is 5.69 Å². The normalized spacial score (nSPS) is 13.5. The molecule has 0 radical (unpaired) electrons. The number of benzene rings is 2. The number of rotatable bonds is 5. The van der Waals surface area contributed by atoms with E-state index < -0.39 is 11.9 Å². The molecule has 0 atom stereocenters. The first-order valence-corrected chi connectivity index (χ1v) is 8.61. The van der Waals surface area contributed by atoms with Crippen LogP contribution in [-0.2, 0) is 23.8 Å². The molecule has 1 aliphatic rings. The number of methoxy groups -OCH3 is 2. The number of carbonyl (C=O) groups excluding carboxylic acids is 2. The fourth-order valence-corrected chi connectivity index (χ4v) is 2.82. The van der Waals surface area contributed by atoms with E-state index in [1.807, 2.05) is 6.07 Å². The topological polar surface area (TPSA) is 98.1 Å². The Hall–Kier alpha value is -3.83. The minimum atomic E-state index is -0.693. The molecule has 0 N–H and O–H groups in total. The van der Waals surface area contributed by atoms with Gasteiger partial charge in [-0.2, -0.15) is 5.26 Å². The Bertz CT molecular complexity index is 991. The Labute approximate surface area is 167 Å². The van der Waals surface area contributed by atoms with Gasteiger partial charge in [-0.3, -0.25) is 0 Å². The monoisotopic (exact) mass is 394 g/mol. The van der Waals surface area contributed by atoms with Gasteiger partial charge < -0.3 is 23.8 Å². The van der Waals surface area contributed by atoms with Gasteiger partial charge in [0, 0.05) is 0 Å². The Morgan fingerprint density at radius 2 is 1.72 bits per heavy atom. The van der Waals surface area contributed by atoms with Crippen molar-refractivity contribution in [2.45, 2.75) is 0 Å². The van der Waals surface area contributed by atoms with Crippen molar-refractivity contribution in [3.63, 3.8) is 0 Å². The molecule has 8 heteroatoms. The molecule has 1 heterocycles. The van der Waals surface area contributed by atoms with Gasteiger partial charge in [0.2, 0.25) is 0 Å². The quantitative estimate of drug-likeness (QED) is 0.714. The predicted molar refractivity (Wildman–Crippen MR) is 102 cm³/mol. The minimum absolute atomic E-state index is 0.0126. The summed E-state index contributed by atoms with van der Waals surface area (Å²) in [7, 11) is 2.46. The number of hydrogen-bond donors (Lipinski definition) is 0. The van der Waals surface area contributed by atoms with Crippen LogP contribution in [0.3, 0.4) is 0 Å². The van der Waals surface area contributed by atoms with Gasteiger partial charge in [0.25, 0.3) is 0 Å². The maximum atomic E-state index is 12.5. The smallest absolute Gasteiger partial charge is 0.355 e. The Balaban J connectivity index is 2.03. The lowest BCUT2D eigenvalue weighted by Crippen LogP contribution is -2.38. The molecule has 0 saturated heterocycles. The predicted octanol–water partition coefficient (Wildman–Crippen LogP) is 2.74. The minimum Gasteiger partial charge on any atom is -0.466 e. The zero-order valence-electron chi connectivity index (χ0n) is 15.9. The van der Waals surface area contributed by atoms with E-state index in [-0.39, 0.29) is 24.6 Å². The molecule has 0 fully saturated rings. The first kappa shape index (κ1) is 19.9. The van der Waals surface area contributed by atoms with E-state index in [2.05, 4.69) is 0 Å². The third-order valence-electron chi connectivity index (χ3n) is 4.20. The molecule has 3 rings (SSSR count). The molecule has 0 bridgehead atoms. The van der Waals surface area contributed by atoms with Crippen LogP contribution in [0, 0.1) is 11.3 Å². The molecule has 0 aliphatic carbocycles. The maximum absolute atomic E-state index is 12.5. The number of esters is 2. The SMILES string of the molecule is COC(=O)C1=C(C(=O)OC)N(c2ccccc2Oc2ccc(C#N)cc2)COC1. The van der Waals surface area contributed by atoms with Crippen LogP contribution < -0.4 is 9.64 Å². The van der Waals surface area contributed by atoms with E-state index in [9.17, 15) is 9.59 Å². The molecule has 1 aliphatic heterocycles. The summed E-state index contributed by atoms with van der Waals surface area (Å²) in [4.78, 5) is 26.1. The summed E-state index contributed by atoms with van der Waals surface area (Å²) < 4.78 is 21.1.